The summed E-state index contributed by atoms with van der Waals surface area (Å²) in [6.07, 6.45) is 0.154. The minimum Gasteiger partial charge on any atom is -0.464 e. The van der Waals surface area contributed by atoms with Gasteiger partial charge in [-0.05, 0) is 33.7 Å². The maximum Gasteiger partial charge on any atom is 0.305 e. The molecule has 0 aliphatic carbocycles. The number of hydrogen-bond acceptors (Lipinski definition) is 9. The first-order valence-electron chi connectivity index (χ1n) is 7.66. The van der Waals surface area contributed by atoms with Crippen molar-refractivity contribution in [3.63, 3.8) is 0 Å². The van der Waals surface area contributed by atoms with Gasteiger partial charge in [0.15, 0.2) is 0 Å². The van der Waals surface area contributed by atoms with Crippen LogP contribution in [0, 0.1) is 20.2 Å². The van der Waals surface area contributed by atoms with Crippen LogP contribution in [-0.4, -0.2) is 60.0 Å². The topological polar surface area (TPSA) is 134 Å². The molecule has 24 heavy (non-hydrogen) atoms. The Morgan fingerprint density at radius 1 is 1.17 bits per heavy atom. The molecule has 0 aliphatic heterocycles. The minimum atomic E-state index is -1.04. The molecule has 11 nitrogen and oxygen atoms in total. The first kappa shape index (κ1) is 21.8. The lowest BCUT2D eigenvalue weighted by molar-refractivity contribution is -0.790. The third kappa shape index (κ3) is 12.4. The second-order valence-corrected chi connectivity index (χ2v) is 5.51. The van der Waals surface area contributed by atoms with E-state index in [0.29, 0.717) is 32.0 Å². The van der Waals surface area contributed by atoms with E-state index >= 15 is 0 Å². The van der Waals surface area contributed by atoms with E-state index in [0.717, 1.165) is 0 Å². The Balaban J connectivity index is 3.87. The van der Waals surface area contributed by atoms with E-state index in [-0.39, 0.29) is 18.8 Å². The van der Waals surface area contributed by atoms with Crippen molar-refractivity contribution in [1.29, 1.82) is 0 Å². The van der Waals surface area contributed by atoms with Gasteiger partial charge in [-0.25, -0.2) is 0 Å². The van der Waals surface area contributed by atoms with Gasteiger partial charge in [-0.2, -0.15) is 0 Å². The van der Waals surface area contributed by atoms with Gasteiger partial charge in [0.1, 0.15) is 19.3 Å². The largest absolute Gasteiger partial charge is 0.464 e. The van der Waals surface area contributed by atoms with Crippen molar-refractivity contribution in [3.05, 3.63) is 20.2 Å². The summed E-state index contributed by atoms with van der Waals surface area (Å²) in [5.74, 6) is -0.347. The number of rotatable bonds is 14. The van der Waals surface area contributed by atoms with Gasteiger partial charge in [-0.1, -0.05) is 6.42 Å². The summed E-state index contributed by atoms with van der Waals surface area (Å²) in [6.45, 7) is 4.49. The lowest BCUT2D eigenvalue weighted by atomic mass is 10.1. The highest BCUT2D eigenvalue weighted by atomic mass is 17.0. The third-order valence-corrected chi connectivity index (χ3v) is 3.35. The number of likely N-dealkylation sites (N-methyl/N-ethyl adjacent to an activating group) is 1. The van der Waals surface area contributed by atoms with Crippen LogP contribution >= 0.6 is 0 Å². The third-order valence-electron chi connectivity index (χ3n) is 3.35. The van der Waals surface area contributed by atoms with E-state index in [4.69, 9.17) is 4.74 Å². The van der Waals surface area contributed by atoms with Crippen molar-refractivity contribution >= 4 is 5.97 Å². The number of unbranched alkanes of at least 4 members (excludes halogenated alkanes) is 1. The molecule has 0 aromatic rings. The van der Waals surface area contributed by atoms with Gasteiger partial charge in [-0.3, -0.25) is 4.79 Å². The predicted molar refractivity (Wildman–Crippen MR) is 82.0 cm³/mol. The van der Waals surface area contributed by atoms with Crippen LogP contribution < -0.4 is 0 Å². The summed E-state index contributed by atoms with van der Waals surface area (Å²) in [6, 6.07) is 0.364. The molecule has 0 saturated heterocycles. The molecule has 0 aromatic heterocycles. The summed E-state index contributed by atoms with van der Waals surface area (Å²) in [5, 5.41) is 18.3. The number of ether oxygens (including phenoxy) is 1. The minimum absolute atomic E-state index is 0.165. The van der Waals surface area contributed by atoms with Crippen LogP contribution in [0.2, 0.25) is 0 Å². The standard InChI is InChI=1S/C13H25N3O8/c1-11(2)14(3)8-9-22-13(17)7-5-4-6-12(24-16(20)21)10-23-15(18)19/h11-12H,4-10H2,1-3H3. The van der Waals surface area contributed by atoms with Crippen LogP contribution in [-0.2, 0) is 19.2 Å². The average molecular weight is 351 g/mol. The van der Waals surface area contributed by atoms with Gasteiger partial charge in [0.25, 0.3) is 10.2 Å². The zero-order valence-electron chi connectivity index (χ0n) is 14.2. The molecule has 0 aliphatic rings. The monoisotopic (exact) mass is 351 g/mol. The molecule has 0 fully saturated rings. The van der Waals surface area contributed by atoms with Crippen LogP contribution in [0.5, 0.6) is 0 Å². The highest BCUT2D eigenvalue weighted by Crippen LogP contribution is 2.09. The fraction of sp³-hybridized carbons (Fsp3) is 0.923. The van der Waals surface area contributed by atoms with Crippen molar-refractivity contribution in [2.45, 2.75) is 51.7 Å². The molecule has 0 heterocycles. The summed E-state index contributed by atoms with van der Waals surface area (Å²) < 4.78 is 5.08. The number of carbonyl (C=O) groups excluding carboxylic acids is 1. The van der Waals surface area contributed by atoms with Gasteiger partial charge in [0, 0.05) is 19.0 Å². The van der Waals surface area contributed by atoms with E-state index in [2.05, 4.69) is 9.68 Å². The molecular weight excluding hydrogens is 326 g/mol. The van der Waals surface area contributed by atoms with Crippen LogP contribution in [0.25, 0.3) is 0 Å². The lowest BCUT2D eigenvalue weighted by Crippen LogP contribution is -2.30. The smallest absolute Gasteiger partial charge is 0.305 e. The molecular formula is C13H25N3O8. The summed E-state index contributed by atoms with van der Waals surface area (Å²) in [7, 11) is 1.93. The Morgan fingerprint density at radius 3 is 2.38 bits per heavy atom. The van der Waals surface area contributed by atoms with Crippen LogP contribution in [0.3, 0.4) is 0 Å². The van der Waals surface area contributed by atoms with Crippen LogP contribution in [0.15, 0.2) is 0 Å². The molecule has 0 saturated carbocycles. The van der Waals surface area contributed by atoms with Crippen molar-refractivity contribution in [3.8, 4) is 0 Å². The summed E-state index contributed by atoms with van der Waals surface area (Å²) in [4.78, 5) is 42.3. The molecule has 140 valence electrons. The van der Waals surface area contributed by atoms with Crippen molar-refractivity contribution < 1.29 is 29.4 Å². The second-order valence-electron chi connectivity index (χ2n) is 5.51. The molecule has 0 spiro atoms. The van der Waals surface area contributed by atoms with E-state index < -0.39 is 22.9 Å². The predicted octanol–water partition coefficient (Wildman–Crippen LogP) is 1.22. The molecule has 0 rings (SSSR count). The zero-order chi connectivity index (χ0) is 18.5. The molecule has 0 N–H and O–H groups in total. The Kier molecular flexibility index (Phi) is 11.2. The Hall–Kier alpha value is -2.17. The maximum atomic E-state index is 11.5. The van der Waals surface area contributed by atoms with Crippen LogP contribution in [0.1, 0.15) is 39.5 Å². The van der Waals surface area contributed by atoms with E-state index in [1.165, 1.54) is 0 Å². The number of nitrogens with zero attached hydrogens (tertiary/aromatic N) is 3. The quantitative estimate of drug-likeness (QED) is 0.196. The van der Waals surface area contributed by atoms with Crippen molar-refractivity contribution in [2.75, 3.05) is 26.8 Å². The van der Waals surface area contributed by atoms with E-state index in [1.54, 1.807) is 0 Å². The Labute approximate surface area is 140 Å². The molecule has 11 heteroatoms. The Bertz CT molecular complexity index is 405. The van der Waals surface area contributed by atoms with Gasteiger partial charge in [-0.15, -0.1) is 20.2 Å². The van der Waals surface area contributed by atoms with E-state index in [9.17, 15) is 25.0 Å². The van der Waals surface area contributed by atoms with E-state index in [1.807, 2.05) is 25.8 Å². The van der Waals surface area contributed by atoms with Crippen molar-refractivity contribution in [1.82, 2.24) is 4.90 Å². The second kappa shape index (κ2) is 12.3. The van der Waals surface area contributed by atoms with Gasteiger partial charge in [0.2, 0.25) is 0 Å². The first-order valence-corrected chi connectivity index (χ1v) is 7.66. The molecule has 0 bridgehead atoms. The highest BCUT2D eigenvalue weighted by Gasteiger charge is 2.16. The maximum absolute atomic E-state index is 11.5. The highest BCUT2D eigenvalue weighted by molar-refractivity contribution is 5.69. The lowest BCUT2D eigenvalue weighted by Gasteiger charge is -2.20. The van der Waals surface area contributed by atoms with Gasteiger partial charge >= 0.3 is 5.97 Å². The molecule has 0 amide bonds. The van der Waals surface area contributed by atoms with Gasteiger partial charge < -0.3 is 19.3 Å². The average Bonchev–Trinajstić information content (AvgIpc) is 2.47. The van der Waals surface area contributed by atoms with Crippen molar-refractivity contribution in [2.24, 2.45) is 0 Å². The first-order chi connectivity index (χ1) is 11.2. The number of hydrogen-bond donors (Lipinski definition) is 0. The molecule has 0 aromatic carbocycles. The molecule has 1 atom stereocenters. The molecule has 0 radical (unpaired) electrons. The Morgan fingerprint density at radius 2 is 1.83 bits per heavy atom. The fourth-order valence-corrected chi connectivity index (χ4v) is 1.71. The SMILES string of the molecule is CC(C)N(C)CCOC(=O)CCCCC(CO[N+](=O)[O-])O[N+](=O)[O-]. The number of carbonyl (C=O) groups is 1. The normalized spacial score (nSPS) is 12.0. The van der Waals surface area contributed by atoms with Gasteiger partial charge in [0.05, 0.1) is 0 Å². The zero-order valence-corrected chi connectivity index (χ0v) is 14.2. The van der Waals surface area contributed by atoms with Crippen LogP contribution in [0.4, 0.5) is 0 Å². The fourth-order valence-electron chi connectivity index (χ4n) is 1.71. The summed E-state index contributed by atoms with van der Waals surface area (Å²) in [5.41, 5.74) is 0. The molecule has 1 unspecified atom stereocenters. The summed E-state index contributed by atoms with van der Waals surface area (Å²) >= 11 is 0. The number of esters is 1.